The summed E-state index contributed by atoms with van der Waals surface area (Å²) >= 11 is 1.70. The van der Waals surface area contributed by atoms with Gasteiger partial charge >= 0.3 is 0 Å². The second kappa shape index (κ2) is 7.52. The Balaban J connectivity index is 1.60. The van der Waals surface area contributed by atoms with Crippen LogP contribution in [-0.4, -0.2) is 70.9 Å². The lowest BCUT2D eigenvalue weighted by Gasteiger charge is -2.34. The molecule has 144 valence electrons. The van der Waals surface area contributed by atoms with Crippen molar-refractivity contribution in [2.45, 2.75) is 19.4 Å². The molecule has 2 aromatic heterocycles. The summed E-state index contributed by atoms with van der Waals surface area (Å²) in [5, 5.41) is 3.17. The van der Waals surface area contributed by atoms with Gasteiger partial charge in [-0.15, -0.1) is 11.3 Å². The van der Waals surface area contributed by atoms with Crippen LogP contribution in [0.5, 0.6) is 0 Å². The van der Waals surface area contributed by atoms with Crippen molar-refractivity contribution in [1.82, 2.24) is 24.8 Å². The third-order valence-corrected chi connectivity index (χ3v) is 6.54. The number of amides is 1. The fraction of sp³-hybridized carbons (Fsp3) is 0.579. The SMILES string of the molecule is CN(C)C(=O)[C@]12CCCN(Cc3nccs3)C[C@H]1CN(c1ncccn1)C2. The van der Waals surface area contributed by atoms with Crippen molar-refractivity contribution in [3.63, 3.8) is 0 Å². The molecule has 2 atom stereocenters. The van der Waals surface area contributed by atoms with Crippen LogP contribution in [0.3, 0.4) is 0 Å². The average Bonchev–Trinajstić information content (AvgIpc) is 3.27. The molecule has 2 aromatic rings. The summed E-state index contributed by atoms with van der Waals surface area (Å²) in [6.07, 6.45) is 7.33. The van der Waals surface area contributed by atoms with Crippen LogP contribution in [0.4, 0.5) is 5.95 Å². The van der Waals surface area contributed by atoms with Crippen molar-refractivity contribution in [2.75, 3.05) is 45.2 Å². The molecule has 0 unspecified atom stereocenters. The molecule has 0 spiro atoms. The van der Waals surface area contributed by atoms with E-state index in [1.807, 2.05) is 31.7 Å². The first-order valence-electron chi connectivity index (χ1n) is 9.43. The van der Waals surface area contributed by atoms with E-state index in [1.54, 1.807) is 28.6 Å². The number of hydrogen-bond acceptors (Lipinski definition) is 7. The molecule has 7 nitrogen and oxygen atoms in total. The molecule has 0 aromatic carbocycles. The largest absolute Gasteiger partial charge is 0.348 e. The van der Waals surface area contributed by atoms with Gasteiger partial charge in [-0.25, -0.2) is 15.0 Å². The zero-order valence-electron chi connectivity index (χ0n) is 15.9. The number of aromatic nitrogens is 3. The van der Waals surface area contributed by atoms with Gasteiger partial charge in [-0.05, 0) is 25.5 Å². The molecule has 2 fully saturated rings. The Labute approximate surface area is 164 Å². The highest BCUT2D eigenvalue weighted by Gasteiger charge is 2.54. The number of nitrogens with zero attached hydrogens (tertiary/aromatic N) is 6. The van der Waals surface area contributed by atoms with Crippen molar-refractivity contribution in [2.24, 2.45) is 11.3 Å². The Hall–Kier alpha value is -2.06. The molecule has 0 radical (unpaired) electrons. The minimum Gasteiger partial charge on any atom is -0.348 e. The maximum atomic E-state index is 13.3. The summed E-state index contributed by atoms with van der Waals surface area (Å²) in [6.45, 7) is 4.30. The van der Waals surface area contributed by atoms with Crippen LogP contribution in [0, 0.1) is 11.3 Å². The molecule has 27 heavy (non-hydrogen) atoms. The molecule has 4 rings (SSSR count). The molecule has 0 aliphatic carbocycles. The van der Waals surface area contributed by atoms with E-state index in [2.05, 4.69) is 24.8 Å². The van der Waals surface area contributed by atoms with E-state index in [-0.39, 0.29) is 17.2 Å². The number of anilines is 1. The van der Waals surface area contributed by atoms with Crippen LogP contribution in [0.2, 0.25) is 0 Å². The van der Waals surface area contributed by atoms with Gasteiger partial charge in [0.1, 0.15) is 5.01 Å². The van der Waals surface area contributed by atoms with Gasteiger partial charge in [0.25, 0.3) is 0 Å². The van der Waals surface area contributed by atoms with Crippen molar-refractivity contribution >= 4 is 23.2 Å². The van der Waals surface area contributed by atoms with Crippen molar-refractivity contribution in [3.8, 4) is 0 Å². The first kappa shape index (κ1) is 18.3. The summed E-state index contributed by atoms with van der Waals surface area (Å²) in [5.41, 5.74) is -0.361. The van der Waals surface area contributed by atoms with Gasteiger partial charge in [-0.1, -0.05) is 0 Å². The molecular formula is C19H26N6OS. The fourth-order valence-corrected chi connectivity index (χ4v) is 5.24. The Morgan fingerprint density at radius 3 is 2.78 bits per heavy atom. The number of fused-ring (bicyclic) bond motifs is 1. The van der Waals surface area contributed by atoms with Gasteiger partial charge in [0.15, 0.2) is 0 Å². The quantitative estimate of drug-likeness (QED) is 0.798. The number of carbonyl (C=O) groups excluding carboxylic acids is 1. The fourth-order valence-electron chi connectivity index (χ4n) is 4.58. The number of rotatable bonds is 4. The molecule has 2 aliphatic heterocycles. The average molecular weight is 387 g/mol. The lowest BCUT2D eigenvalue weighted by molar-refractivity contribution is -0.141. The molecule has 2 aliphatic rings. The van der Waals surface area contributed by atoms with E-state index in [9.17, 15) is 4.79 Å². The predicted molar refractivity (Wildman–Crippen MR) is 105 cm³/mol. The van der Waals surface area contributed by atoms with Crippen molar-refractivity contribution < 1.29 is 4.79 Å². The molecule has 4 heterocycles. The molecular weight excluding hydrogens is 360 g/mol. The van der Waals surface area contributed by atoms with Crippen molar-refractivity contribution in [3.05, 3.63) is 35.0 Å². The molecule has 8 heteroatoms. The Kier molecular flexibility index (Phi) is 5.10. The minimum absolute atomic E-state index is 0.238. The van der Waals surface area contributed by atoms with E-state index in [4.69, 9.17) is 0 Å². The van der Waals surface area contributed by atoms with Gasteiger partial charge in [-0.2, -0.15) is 0 Å². The Morgan fingerprint density at radius 2 is 2.07 bits per heavy atom. The Bertz CT molecular complexity index is 768. The first-order valence-corrected chi connectivity index (χ1v) is 10.3. The molecule has 0 bridgehead atoms. The maximum absolute atomic E-state index is 13.3. The van der Waals surface area contributed by atoms with Crippen LogP contribution >= 0.6 is 11.3 Å². The van der Waals surface area contributed by atoms with E-state index in [0.717, 1.165) is 50.0 Å². The van der Waals surface area contributed by atoms with E-state index in [1.165, 1.54) is 0 Å². The standard InChI is InChI=1S/C19H26N6OS/c1-23(2)17(26)19-5-3-9-24(13-16-20-8-10-27-16)11-15(19)12-25(14-19)18-21-6-4-7-22-18/h4,6-8,10,15H,3,5,9,11-14H2,1-2H3/t15-,19-/m0/s1. The summed E-state index contributed by atoms with van der Waals surface area (Å²) in [7, 11) is 3.74. The lowest BCUT2D eigenvalue weighted by atomic mass is 9.74. The van der Waals surface area contributed by atoms with Gasteiger partial charge in [0.2, 0.25) is 11.9 Å². The number of carbonyl (C=O) groups is 1. The van der Waals surface area contributed by atoms with E-state index >= 15 is 0 Å². The van der Waals surface area contributed by atoms with Crippen LogP contribution in [0.25, 0.3) is 0 Å². The van der Waals surface area contributed by atoms with Crippen LogP contribution in [-0.2, 0) is 11.3 Å². The third-order valence-electron chi connectivity index (χ3n) is 5.78. The van der Waals surface area contributed by atoms with Crippen LogP contribution < -0.4 is 4.90 Å². The normalized spacial score (nSPS) is 25.9. The molecule has 0 saturated carbocycles. The number of hydrogen-bond donors (Lipinski definition) is 0. The molecule has 0 N–H and O–H groups in total. The number of likely N-dealkylation sites (tertiary alicyclic amines) is 1. The highest BCUT2D eigenvalue weighted by molar-refractivity contribution is 7.09. The highest BCUT2D eigenvalue weighted by Crippen LogP contribution is 2.44. The van der Waals surface area contributed by atoms with Crippen molar-refractivity contribution in [1.29, 1.82) is 0 Å². The maximum Gasteiger partial charge on any atom is 0.230 e. The van der Waals surface area contributed by atoms with Gasteiger partial charge < -0.3 is 9.80 Å². The lowest BCUT2D eigenvalue weighted by Crippen LogP contribution is -2.47. The zero-order chi connectivity index (χ0) is 18.9. The van der Waals surface area contributed by atoms with E-state index < -0.39 is 0 Å². The van der Waals surface area contributed by atoms with Gasteiger partial charge in [-0.3, -0.25) is 9.69 Å². The summed E-state index contributed by atoms with van der Waals surface area (Å²) in [6, 6.07) is 1.83. The summed E-state index contributed by atoms with van der Waals surface area (Å²) in [5.74, 6) is 1.23. The second-order valence-electron chi connectivity index (χ2n) is 7.75. The number of thiazole rings is 1. The Morgan fingerprint density at radius 1 is 1.26 bits per heavy atom. The predicted octanol–water partition coefficient (Wildman–Crippen LogP) is 1.74. The summed E-state index contributed by atoms with van der Waals surface area (Å²) in [4.78, 5) is 33.0. The molecule has 1 amide bonds. The van der Waals surface area contributed by atoms with Crippen LogP contribution in [0.1, 0.15) is 17.8 Å². The monoisotopic (exact) mass is 386 g/mol. The van der Waals surface area contributed by atoms with E-state index in [0.29, 0.717) is 6.54 Å². The molecule has 2 saturated heterocycles. The zero-order valence-corrected chi connectivity index (χ0v) is 16.7. The highest BCUT2D eigenvalue weighted by atomic mass is 32.1. The first-order chi connectivity index (χ1) is 13.1. The topological polar surface area (TPSA) is 65.5 Å². The van der Waals surface area contributed by atoms with Gasteiger partial charge in [0.05, 0.1) is 12.0 Å². The second-order valence-corrected chi connectivity index (χ2v) is 8.73. The summed E-state index contributed by atoms with van der Waals surface area (Å²) < 4.78 is 0. The third kappa shape index (κ3) is 3.55. The van der Waals surface area contributed by atoms with Crippen LogP contribution in [0.15, 0.2) is 30.0 Å². The minimum atomic E-state index is -0.361. The smallest absolute Gasteiger partial charge is 0.230 e. The van der Waals surface area contributed by atoms with Gasteiger partial charge in [0, 0.05) is 63.6 Å².